The molecule has 0 radical (unpaired) electrons. The summed E-state index contributed by atoms with van der Waals surface area (Å²) in [5, 5.41) is 9.25. The number of rotatable bonds is 1. The highest BCUT2D eigenvalue weighted by molar-refractivity contribution is 6.69. The van der Waals surface area contributed by atoms with Crippen molar-refractivity contribution in [1.82, 2.24) is 0 Å². The zero-order chi connectivity index (χ0) is 9.28. The van der Waals surface area contributed by atoms with Gasteiger partial charge in [0.25, 0.3) is 0 Å². The summed E-state index contributed by atoms with van der Waals surface area (Å²) in [5.41, 5.74) is -2.12. The van der Waals surface area contributed by atoms with Gasteiger partial charge in [-0.05, 0) is 6.92 Å². The summed E-state index contributed by atoms with van der Waals surface area (Å²) in [6, 6.07) is 0. The minimum absolute atomic E-state index is 0.988. The van der Waals surface area contributed by atoms with Crippen molar-refractivity contribution in [3.63, 3.8) is 0 Å². The molecule has 66 valence electrons. The molecule has 11 heavy (non-hydrogen) atoms. The van der Waals surface area contributed by atoms with Crippen LogP contribution in [-0.2, 0) is 9.53 Å². The van der Waals surface area contributed by atoms with E-state index in [0.717, 1.165) is 14.0 Å². The van der Waals surface area contributed by atoms with E-state index in [-0.39, 0.29) is 0 Å². The molecule has 0 rings (SSSR count). The Morgan fingerprint density at radius 1 is 1.45 bits per heavy atom. The molecule has 0 amide bonds. The molecule has 0 saturated heterocycles. The van der Waals surface area contributed by atoms with Crippen LogP contribution in [0.5, 0.6) is 0 Å². The second-order valence-corrected chi connectivity index (χ2v) is 4.34. The number of carbonyl (C=O) groups excluding carboxylic acids is 1. The highest BCUT2D eigenvalue weighted by Crippen LogP contribution is 2.38. The maximum absolute atomic E-state index is 10.8. The fourth-order valence-corrected chi connectivity index (χ4v) is 0.546. The Morgan fingerprint density at radius 2 is 1.82 bits per heavy atom. The molecule has 0 heterocycles. The molecular formula is C5H7Cl3O3. The van der Waals surface area contributed by atoms with E-state index in [1.54, 1.807) is 0 Å². The largest absolute Gasteiger partial charge is 0.467 e. The van der Waals surface area contributed by atoms with Gasteiger partial charge >= 0.3 is 5.97 Å². The fourth-order valence-electron chi connectivity index (χ4n) is 0.314. The third kappa shape index (κ3) is 2.37. The van der Waals surface area contributed by atoms with Crippen LogP contribution in [0.15, 0.2) is 0 Å². The van der Waals surface area contributed by atoms with Crippen molar-refractivity contribution >= 4 is 40.8 Å². The molecule has 0 aliphatic carbocycles. The Hall–Kier alpha value is 0.300. The molecule has 6 heteroatoms. The predicted molar refractivity (Wildman–Crippen MR) is 42.9 cm³/mol. The summed E-state index contributed by atoms with van der Waals surface area (Å²) in [4.78, 5) is 10.8. The average Bonchev–Trinajstić information content (AvgIpc) is 1.83. The van der Waals surface area contributed by atoms with Gasteiger partial charge in [0.2, 0.25) is 9.39 Å². The number of hydrogen-bond acceptors (Lipinski definition) is 3. The summed E-state index contributed by atoms with van der Waals surface area (Å²) >= 11 is 15.8. The van der Waals surface area contributed by atoms with Gasteiger partial charge in [0, 0.05) is 0 Å². The summed E-state index contributed by atoms with van der Waals surface area (Å²) in [5.74, 6) is -0.988. The molecule has 0 fully saturated rings. The van der Waals surface area contributed by atoms with Crippen molar-refractivity contribution in [2.24, 2.45) is 0 Å². The van der Waals surface area contributed by atoms with Crippen LogP contribution >= 0.6 is 34.8 Å². The molecule has 0 bridgehead atoms. The van der Waals surface area contributed by atoms with Crippen LogP contribution in [-0.4, -0.2) is 27.6 Å². The van der Waals surface area contributed by atoms with Gasteiger partial charge in [0.1, 0.15) is 0 Å². The van der Waals surface area contributed by atoms with E-state index in [9.17, 15) is 9.90 Å². The van der Waals surface area contributed by atoms with Crippen molar-refractivity contribution in [2.45, 2.75) is 16.3 Å². The molecule has 1 unspecified atom stereocenters. The topological polar surface area (TPSA) is 46.5 Å². The van der Waals surface area contributed by atoms with Crippen LogP contribution in [0, 0.1) is 0 Å². The Balaban J connectivity index is 4.59. The molecule has 1 atom stereocenters. The van der Waals surface area contributed by atoms with Crippen molar-refractivity contribution in [3.05, 3.63) is 0 Å². The van der Waals surface area contributed by atoms with Crippen molar-refractivity contribution in [3.8, 4) is 0 Å². The first-order valence-electron chi connectivity index (χ1n) is 2.61. The van der Waals surface area contributed by atoms with E-state index < -0.39 is 15.4 Å². The summed E-state index contributed by atoms with van der Waals surface area (Å²) in [6.07, 6.45) is 0. The molecule has 3 nitrogen and oxygen atoms in total. The quantitative estimate of drug-likeness (QED) is 0.536. The number of alkyl halides is 3. The summed E-state index contributed by atoms with van der Waals surface area (Å²) < 4.78 is 2.12. The van der Waals surface area contributed by atoms with Crippen LogP contribution in [0.2, 0.25) is 0 Å². The first-order chi connectivity index (χ1) is 4.73. The molecular weight excluding hydrogens is 214 g/mol. The molecule has 0 spiro atoms. The number of ether oxygens (including phenoxy) is 1. The first kappa shape index (κ1) is 11.3. The maximum atomic E-state index is 10.8. The van der Waals surface area contributed by atoms with E-state index in [1.165, 1.54) is 0 Å². The molecule has 0 aromatic rings. The van der Waals surface area contributed by atoms with Crippen LogP contribution in [0.25, 0.3) is 0 Å². The monoisotopic (exact) mass is 220 g/mol. The number of carbonyl (C=O) groups is 1. The SMILES string of the molecule is COC(=O)C(C)(O)C(Cl)(Cl)Cl. The highest BCUT2D eigenvalue weighted by Gasteiger charge is 2.50. The van der Waals surface area contributed by atoms with E-state index >= 15 is 0 Å². The van der Waals surface area contributed by atoms with E-state index in [4.69, 9.17) is 34.8 Å². The van der Waals surface area contributed by atoms with Gasteiger partial charge in [-0.3, -0.25) is 0 Å². The lowest BCUT2D eigenvalue weighted by Gasteiger charge is -2.27. The van der Waals surface area contributed by atoms with Gasteiger partial charge in [-0.15, -0.1) is 0 Å². The van der Waals surface area contributed by atoms with Gasteiger partial charge in [0.05, 0.1) is 7.11 Å². The number of methoxy groups -OCH3 is 1. The number of esters is 1. The Labute approximate surface area is 79.2 Å². The lowest BCUT2D eigenvalue weighted by Crippen LogP contribution is -2.48. The van der Waals surface area contributed by atoms with Gasteiger partial charge in [0.15, 0.2) is 0 Å². The normalized spacial score (nSPS) is 17.3. The van der Waals surface area contributed by atoms with Crippen molar-refractivity contribution < 1.29 is 14.6 Å². The molecule has 1 N–H and O–H groups in total. The Bertz CT molecular complexity index is 161. The highest BCUT2D eigenvalue weighted by atomic mass is 35.6. The molecule has 0 saturated carbocycles. The van der Waals surface area contributed by atoms with Gasteiger partial charge in [-0.2, -0.15) is 0 Å². The summed E-state index contributed by atoms with van der Waals surface area (Å²) in [6.45, 7) is 1.06. The van der Waals surface area contributed by atoms with Crippen LogP contribution < -0.4 is 0 Å². The number of halogens is 3. The zero-order valence-corrected chi connectivity index (χ0v) is 8.17. The van der Waals surface area contributed by atoms with Crippen LogP contribution in [0.4, 0.5) is 0 Å². The Morgan fingerprint density at radius 3 is 1.91 bits per heavy atom. The minimum atomic E-state index is -2.12. The molecule has 0 aliphatic rings. The smallest absolute Gasteiger partial charge is 0.342 e. The third-order valence-electron chi connectivity index (χ3n) is 1.13. The lowest BCUT2D eigenvalue weighted by molar-refractivity contribution is -0.159. The molecule has 0 aliphatic heterocycles. The second kappa shape index (κ2) is 3.35. The molecule has 0 aromatic heterocycles. The third-order valence-corrected chi connectivity index (χ3v) is 2.24. The predicted octanol–water partition coefficient (Wildman–Crippen LogP) is 1.28. The van der Waals surface area contributed by atoms with Crippen molar-refractivity contribution in [2.75, 3.05) is 7.11 Å². The number of hydrogen-bond donors (Lipinski definition) is 1. The second-order valence-electron chi connectivity index (χ2n) is 2.06. The van der Waals surface area contributed by atoms with Crippen LogP contribution in [0.1, 0.15) is 6.92 Å². The molecule has 0 aromatic carbocycles. The maximum Gasteiger partial charge on any atom is 0.342 e. The van der Waals surface area contributed by atoms with Crippen LogP contribution in [0.3, 0.4) is 0 Å². The van der Waals surface area contributed by atoms with E-state index in [1.807, 2.05) is 0 Å². The lowest BCUT2D eigenvalue weighted by atomic mass is 10.1. The van der Waals surface area contributed by atoms with Gasteiger partial charge in [-0.25, -0.2) is 4.79 Å². The Kier molecular flexibility index (Phi) is 3.44. The van der Waals surface area contributed by atoms with E-state index in [2.05, 4.69) is 4.74 Å². The van der Waals surface area contributed by atoms with Gasteiger partial charge < -0.3 is 9.84 Å². The average molecular weight is 221 g/mol. The van der Waals surface area contributed by atoms with E-state index in [0.29, 0.717) is 0 Å². The summed E-state index contributed by atoms with van der Waals surface area (Å²) in [7, 11) is 1.09. The minimum Gasteiger partial charge on any atom is -0.467 e. The number of aliphatic hydroxyl groups is 1. The van der Waals surface area contributed by atoms with Crippen molar-refractivity contribution in [1.29, 1.82) is 0 Å². The zero-order valence-electron chi connectivity index (χ0n) is 5.90. The fraction of sp³-hybridized carbons (Fsp3) is 0.800. The first-order valence-corrected chi connectivity index (χ1v) is 3.74. The standard InChI is InChI=1S/C5H7Cl3O3/c1-4(10,3(9)11-2)5(6,7)8/h10H,1-2H3. The van der Waals surface area contributed by atoms with Gasteiger partial charge in [-0.1, -0.05) is 34.8 Å².